The monoisotopic (exact) mass is 285 g/mol. The molecule has 1 aliphatic rings. The van der Waals surface area contributed by atoms with E-state index in [9.17, 15) is 19.5 Å². The van der Waals surface area contributed by atoms with Gasteiger partial charge in [-0.15, -0.1) is 0 Å². The van der Waals surface area contributed by atoms with Gasteiger partial charge in [0.15, 0.2) is 0 Å². The molecule has 0 spiro atoms. The summed E-state index contributed by atoms with van der Waals surface area (Å²) in [5.74, 6) is -2.75. The number of hydrogen-bond donors (Lipinski definition) is 2. The van der Waals surface area contributed by atoms with Crippen molar-refractivity contribution < 1.29 is 19.8 Å². The number of carboxylic acid groups (broad SMARTS) is 2. The topological polar surface area (TPSA) is 96.6 Å². The van der Waals surface area contributed by atoms with Gasteiger partial charge in [0, 0.05) is 11.8 Å². The van der Waals surface area contributed by atoms with Crippen molar-refractivity contribution in [2.24, 2.45) is 0 Å². The van der Waals surface area contributed by atoms with Crippen molar-refractivity contribution in [1.82, 2.24) is 4.57 Å². The van der Waals surface area contributed by atoms with E-state index >= 15 is 0 Å². The molecule has 21 heavy (non-hydrogen) atoms. The van der Waals surface area contributed by atoms with Crippen LogP contribution in [-0.4, -0.2) is 26.7 Å². The molecule has 1 aromatic heterocycles. The second-order valence-corrected chi connectivity index (χ2v) is 4.79. The van der Waals surface area contributed by atoms with Crippen molar-refractivity contribution in [3.05, 3.63) is 63.1 Å². The Balaban J connectivity index is 2.43. The van der Waals surface area contributed by atoms with Gasteiger partial charge in [-0.2, -0.15) is 0 Å². The molecular weight excluding hydrogens is 274 g/mol. The smallest absolute Gasteiger partial charge is 0.338 e. The molecule has 0 bridgehead atoms. The molecule has 106 valence electrons. The van der Waals surface area contributed by atoms with Crippen LogP contribution in [0.1, 0.15) is 32.0 Å². The van der Waals surface area contributed by atoms with E-state index in [0.29, 0.717) is 18.5 Å². The third-order valence-electron chi connectivity index (χ3n) is 3.62. The number of aromatic carboxylic acids is 2. The average Bonchev–Trinajstić information content (AvgIpc) is 2.45. The van der Waals surface area contributed by atoms with Crippen LogP contribution in [0, 0.1) is 0 Å². The fourth-order valence-corrected chi connectivity index (χ4v) is 2.76. The minimum absolute atomic E-state index is 0.242. The number of rotatable bonds is 2. The Morgan fingerprint density at radius 3 is 2.43 bits per heavy atom. The van der Waals surface area contributed by atoms with E-state index in [1.54, 1.807) is 12.1 Å². The summed E-state index contributed by atoms with van der Waals surface area (Å²) in [6.07, 6.45) is 0.883. The first-order chi connectivity index (χ1) is 10.0. The highest BCUT2D eigenvalue weighted by Gasteiger charge is 2.28. The lowest BCUT2D eigenvalue weighted by Crippen LogP contribution is -2.31. The number of carbonyl (C=O) groups is 2. The SMILES string of the molecule is O=C(O)c1cc(=O)n2c(c1C(=O)O)CCc1ccccc1-2. The molecule has 0 aliphatic carbocycles. The predicted molar refractivity (Wildman–Crippen MR) is 73.4 cm³/mol. The Morgan fingerprint density at radius 1 is 1.05 bits per heavy atom. The van der Waals surface area contributed by atoms with Gasteiger partial charge in [-0.3, -0.25) is 9.36 Å². The summed E-state index contributed by atoms with van der Waals surface area (Å²) in [5.41, 5.74) is 0.495. The highest BCUT2D eigenvalue weighted by molar-refractivity contribution is 6.02. The van der Waals surface area contributed by atoms with Crippen LogP contribution in [0.3, 0.4) is 0 Å². The quantitative estimate of drug-likeness (QED) is 0.867. The molecule has 2 N–H and O–H groups in total. The first-order valence-corrected chi connectivity index (χ1v) is 6.34. The third-order valence-corrected chi connectivity index (χ3v) is 3.62. The summed E-state index contributed by atoms with van der Waals surface area (Å²) in [6.45, 7) is 0. The molecule has 1 aliphatic heterocycles. The lowest BCUT2D eigenvalue weighted by molar-refractivity contribution is 0.0649. The molecule has 6 nitrogen and oxygen atoms in total. The Bertz CT molecular complexity index is 834. The molecular formula is C15H11NO5. The number of aromatic nitrogens is 1. The summed E-state index contributed by atoms with van der Waals surface area (Å²) in [6, 6.07) is 8.07. The fourth-order valence-electron chi connectivity index (χ4n) is 2.76. The summed E-state index contributed by atoms with van der Waals surface area (Å²) >= 11 is 0. The molecule has 0 unspecified atom stereocenters. The number of carboxylic acids is 2. The number of nitrogens with zero attached hydrogens (tertiary/aromatic N) is 1. The highest BCUT2D eigenvalue weighted by atomic mass is 16.4. The van der Waals surface area contributed by atoms with Gasteiger partial charge in [-0.1, -0.05) is 18.2 Å². The summed E-state index contributed by atoms with van der Waals surface area (Å²) < 4.78 is 1.30. The number of pyridine rings is 1. The van der Waals surface area contributed by atoms with Crippen LogP contribution < -0.4 is 5.56 Å². The van der Waals surface area contributed by atoms with Crippen molar-refractivity contribution in [2.75, 3.05) is 0 Å². The second kappa shape index (κ2) is 4.59. The van der Waals surface area contributed by atoms with E-state index in [4.69, 9.17) is 5.11 Å². The predicted octanol–water partition coefficient (Wildman–Crippen LogP) is 1.33. The van der Waals surface area contributed by atoms with Crippen LogP contribution >= 0.6 is 0 Å². The zero-order valence-electron chi connectivity index (χ0n) is 10.9. The lowest BCUT2D eigenvalue weighted by Gasteiger charge is -2.23. The summed E-state index contributed by atoms with van der Waals surface area (Å²) in [5, 5.41) is 18.5. The van der Waals surface area contributed by atoms with E-state index < -0.39 is 23.1 Å². The van der Waals surface area contributed by atoms with Crippen LogP contribution in [-0.2, 0) is 12.8 Å². The molecule has 6 heteroatoms. The normalized spacial score (nSPS) is 12.4. The van der Waals surface area contributed by atoms with Crippen LogP contribution in [0.15, 0.2) is 35.1 Å². The van der Waals surface area contributed by atoms with Gasteiger partial charge in [-0.05, 0) is 24.5 Å². The Hall–Kier alpha value is -2.89. The van der Waals surface area contributed by atoms with E-state index in [1.807, 2.05) is 12.1 Å². The molecule has 2 aromatic rings. The van der Waals surface area contributed by atoms with Crippen molar-refractivity contribution in [3.8, 4) is 5.69 Å². The van der Waals surface area contributed by atoms with Gasteiger partial charge >= 0.3 is 11.9 Å². The van der Waals surface area contributed by atoms with Crippen molar-refractivity contribution >= 4 is 11.9 Å². The molecule has 2 heterocycles. The molecule has 1 aromatic carbocycles. The van der Waals surface area contributed by atoms with Gasteiger partial charge in [0.1, 0.15) is 0 Å². The first kappa shape index (κ1) is 13.1. The molecule has 0 saturated heterocycles. The maximum Gasteiger partial charge on any atom is 0.338 e. The van der Waals surface area contributed by atoms with Gasteiger partial charge in [0.25, 0.3) is 5.56 Å². The maximum absolute atomic E-state index is 12.2. The highest BCUT2D eigenvalue weighted by Crippen LogP contribution is 2.26. The number of hydrogen-bond acceptors (Lipinski definition) is 3. The lowest BCUT2D eigenvalue weighted by atomic mass is 9.95. The average molecular weight is 285 g/mol. The van der Waals surface area contributed by atoms with Crippen LogP contribution in [0.4, 0.5) is 0 Å². The van der Waals surface area contributed by atoms with E-state index in [2.05, 4.69) is 0 Å². The minimum Gasteiger partial charge on any atom is -0.478 e. The van der Waals surface area contributed by atoms with Gasteiger partial charge < -0.3 is 10.2 Å². The zero-order chi connectivity index (χ0) is 15.1. The van der Waals surface area contributed by atoms with Gasteiger partial charge in [0.2, 0.25) is 0 Å². The van der Waals surface area contributed by atoms with Crippen LogP contribution in [0.5, 0.6) is 0 Å². The van der Waals surface area contributed by atoms with E-state index in [-0.39, 0.29) is 11.3 Å². The number of para-hydroxylation sites is 1. The van der Waals surface area contributed by atoms with Gasteiger partial charge in [-0.25, -0.2) is 9.59 Å². The number of benzene rings is 1. The van der Waals surface area contributed by atoms with E-state index in [0.717, 1.165) is 11.6 Å². The second-order valence-electron chi connectivity index (χ2n) is 4.79. The number of aryl methyl sites for hydroxylation is 1. The molecule has 0 amide bonds. The Labute approximate surface area is 118 Å². The molecule has 0 atom stereocenters. The van der Waals surface area contributed by atoms with Crippen molar-refractivity contribution in [3.63, 3.8) is 0 Å². The summed E-state index contributed by atoms with van der Waals surface area (Å²) in [7, 11) is 0. The largest absolute Gasteiger partial charge is 0.478 e. The van der Waals surface area contributed by atoms with E-state index in [1.165, 1.54) is 4.57 Å². The first-order valence-electron chi connectivity index (χ1n) is 6.34. The number of fused-ring (bicyclic) bond motifs is 3. The molecule has 0 radical (unpaired) electrons. The molecule has 0 saturated carbocycles. The summed E-state index contributed by atoms with van der Waals surface area (Å²) in [4.78, 5) is 34.9. The van der Waals surface area contributed by atoms with Crippen molar-refractivity contribution in [2.45, 2.75) is 12.8 Å². The van der Waals surface area contributed by atoms with Gasteiger partial charge in [0.05, 0.1) is 16.8 Å². The Kier molecular flexibility index (Phi) is 2.86. The van der Waals surface area contributed by atoms with Crippen LogP contribution in [0.2, 0.25) is 0 Å². The maximum atomic E-state index is 12.2. The third kappa shape index (κ3) is 1.92. The standard InChI is InChI=1S/C15H11NO5/c17-12-7-9(14(18)19)13(15(20)21)11-6-5-8-3-1-2-4-10(8)16(11)12/h1-4,7H,5-6H2,(H,18,19)(H,20,21). The molecule has 0 fully saturated rings. The minimum atomic E-state index is -1.41. The molecule has 3 rings (SSSR count). The Morgan fingerprint density at radius 2 is 1.76 bits per heavy atom. The fraction of sp³-hybridized carbons (Fsp3) is 0.133. The van der Waals surface area contributed by atoms with Crippen LogP contribution in [0.25, 0.3) is 5.69 Å². The zero-order valence-corrected chi connectivity index (χ0v) is 10.9. The van der Waals surface area contributed by atoms with Crippen molar-refractivity contribution in [1.29, 1.82) is 0 Å².